The number of aromatic amines is 2. The van der Waals surface area contributed by atoms with Gasteiger partial charge < -0.3 is 9.97 Å². The zero-order valence-corrected chi connectivity index (χ0v) is 16.0. The molecule has 5 nitrogen and oxygen atoms in total. The van der Waals surface area contributed by atoms with E-state index in [1.165, 1.54) is 5.56 Å². The lowest BCUT2D eigenvalue weighted by molar-refractivity contribution is 0.242. The monoisotopic (exact) mass is 390 g/mol. The molecule has 2 aromatic heterocycles. The molecule has 4 aromatic rings. The second-order valence-electron chi connectivity index (χ2n) is 7.17. The summed E-state index contributed by atoms with van der Waals surface area (Å²) in [6.45, 7) is 2.23. The number of halogens is 1. The predicted molar refractivity (Wildman–Crippen MR) is 111 cm³/mol. The molecule has 1 aliphatic heterocycles. The number of nitrogens with zero attached hydrogens (tertiary/aromatic N) is 2. The summed E-state index contributed by atoms with van der Waals surface area (Å²) in [6.07, 6.45) is 2.79. The Labute approximate surface area is 167 Å². The highest BCUT2D eigenvalue weighted by atomic mass is 35.5. The summed E-state index contributed by atoms with van der Waals surface area (Å²) in [5.41, 5.74) is 4.82. The van der Waals surface area contributed by atoms with Gasteiger partial charge in [-0.15, -0.1) is 0 Å². The van der Waals surface area contributed by atoms with Crippen LogP contribution in [-0.2, 0) is 19.5 Å². The smallest absolute Gasteiger partial charge is 0.255 e. The topological polar surface area (TPSA) is 64.8 Å². The van der Waals surface area contributed by atoms with Crippen LogP contribution in [0.4, 0.5) is 0 Å². The Morgan fingerprint density at radius 1 is 1.14 bits per heavy atom. The van der Waals surface area contributed by atoms with Gasteiger partial charge in [0.25, 0.3) is 5.56 Å². The fourth-order valence-electron chi connectivity index (χ4n) is 3.87. The largest absolute Gasteiger partial charge is 0.361 e. The van der Waals surface area contributed by atoms with Crippen molar-refractivity contribution in [2.24, 2.45) is 0 Å². The summed E-state index contributed by atoms with van der Waals surface area (Å²) in [4.78, 5) is 26.0. The molecule has 3 heterocycles. The van der Waals surface area contributed by atoms with Crippen molar-refractivity contribution in [3.63, 3.8) is 0 Å². The molecule has 0 saturated heterocycles. The standard InChI is InChI=1S/C22H19ClN4O/c23-16-6-7-19-17(10-16)15(11-24-19)12-27-9-8-20-18(13-27)22(28)26-21(25-20)14-4-2-1-3-5-14/h1-7,10-11,24H,8-9,12-13H2,(H,25,26,28). The molecule has 2 N–H and O–H groups in total. The van der Waals surface area contributed by atoms with Gasteiger partial charge in [0.2, 0.25) is 0 Å². The lowest BCUT2D eigenvalue weighted by Crippen LogP contribution is -2.35. The van der Waals surface area contributed by atoms with Crippen LogP contribution in [0.5, 0.6) is 0 Å². The zero-order valence-electron chi connectivity index (χ0n) is 15.2. The third kappa shape index (κ3) is 3.13. The Balaban J connectivity index is 1.42. The lowest BCUT2D eigenvalue weighted by atomic mass is 10.1. The number of H-pyrrole nitrogens is 2. The maximum Gasteiger partial charge on any atom is 0.255 e. The van der Waals surface area contributed by atoms with E-state index in [0.717, 1.165) is 52.3 Å². The molecular weight excluding hydrogens is 372 g/mol. The van der Waals surface area contributed by atoms with Gasteiger partial charge in [-0.05, 0) is 23.8 Å². The summed E-state index contributed by atoms with van der Waals surface area (Å²) in [7, 11) is 0. The average molecular weight is 391 g/mol. The minimum Gasteiger partial charge on any atom is -0.361 e. The van der Waals surface area contributed by atoms with Crippen LogP contribution in [0.2, 0.25) is 5.02 Å². The number of benzene rings is 2. The Morgan fingerprint density at radius 3 is 2.86 bits per heavy atom. The molecule has 1 aliphatic rings. The van der Waals surface area contributed by atoms with Crippen molar-refractivity contribution >= 4 is 22.5 Å². The molecule has 0 radical (unpaired) electrons. The molecule has 5 rings (SSSR count). The van der Waals surface area contributed by atoms with Crippen LogP contribution in [0.15, 0.2) is 59.5 Å². The fourth-order valence-corrected chi connectivity index (χ4v) is 4.04. The van der Waals surface area contributed by atoms with Crippen molar-refractivity contribution in [1.29, 1.82) is 0 Å². The van der Waals surface area contributed by atoms with E-state index in [1.54, 1.807) is 0 Å². The van der Waals surface area contributed by atoms with Crippen LogP contribution >= 0.6 is 11.6 Å². The van der Waals surface area contributed by atoms with E-state index in [4.69, 9.17) is 16.6 Å². The number of nitrogens with one attached hydrogen (secondary N) is 2. The number of hydrogen-bond acceptors (Lipinski definition) is 3. The van der Waals surface area contributed by atoms with E-state index < -0.39 is 0 Å². The van der Waals surface area contributed by atoms with Gasteiger partial charge in [-0.1, -0.05) is 41.9 Å². The summed E-state index contributed by atoms with van der Waals surface area (Å²) in [5, 5.41) is 1.86. The SMILES string of the molecule is O=c1[nH]c(-c2ccccc2)nc2c1CN(Cc1c[nH]c3ccc(Cl)cc13)CC2. The normalized spacial score (nSPS) is 14.3. The third-order valence-electron chi connectivity index (χ3n) is 5.32. The van der Waals surface area contributed by atoms with Gasteiger partial charge in [-0.3, -0.25) is 9.69 Å². The molecular formula is C22H19ClN4O. The first-order valence-corrected chi connectivity index (χ1v) is 9.70. The maximum atomic E-state index is 12.7. The highest BCUT2D eigenvalue weighted by Gasteiger charge is 2.22. The number of hydrogen-bond donors (Lipinski definition) is 2. The first kappa shape index (κ1) is 17.2. The van der Waals surface area contributed by atoms with Crippen molar-refractivity contribution in [1.82, 2.24) is 19.9 Å². The molecule has 0 saturated carbocycles. The molecule has 2 aromatic carbocycles. The van der Waals surface area contributed by atoms with Crippen LogP contribution in [0, 0.1) is 0 Å². The molecule has 6 heteroatoms. The lowest BCUT2D eigenvalue weighted by Gasteiger charge is -2.27. The summed E-state index contributed by atoms with van der Waals surface area (Å²) < 4.78 is 0. The first-order valence-electron chi connectivity index (χ1n) is 9.33. The highest BCUT2D eigenvalue weighted by molar-refractivity contribution is 6.31. The minimum atomic E-state index is -0.0458. The predicted octanol–water partition coefficient (Wildman–Crippen LogP) is 4.13. The van der Waals surface area contributed by atoms with Gasteiger partial charge in [0, 0.05) is 53.7 Å². The number of aromatic nitrogens is 3. The van der Waals surface area contributed by atoms with Gasteiger partial charge in [0.15, 0.2) is 0 Å². The maximum absolute atomic E-state index is 12.7. The summed E-state index contributed by atoms with van der Waals surface area (Å²) >= 11 is 6.16. The Morgan fingerprint density at radius 2 is 2.00 bits per heavy atom. The van der Waals surface area contributed by atoms with E-state index >= 15 is 0 Å². The molecule has 0 amide bonds. The molecule has 0 bridgehead atoms. The summed E-state index contributed by atoms with van der Waals surface area (Å²) in [6, 6.07) is 15.6. The highest BCUT2D eigenvalue weighted by Crippen LogP contribution is 2.25. The molecule has 140 valence electrons. The third-order valence-corrected chi connectivity index (χ3v) is 5.55. The van der Waals surface area contributed by atoms with E-state index in [-0.39, 0.29) is 5.56 Å². The van der Waals surface area contributed by atoms with E-state index in [0.29, 0.717) is 12.4 Å². The van der Waals surface area contributed by atoms with Gasteiger partial charge in [0.05, 0.1) is 11.3 Å². The van der Waals surface area contributed by atoms with E-state index in [1.807, 2.05) is 54.7 Å². The Bertz CT molecular complexity index is 1210. The average Bonchev–Trinajstić information content (AvgIpc) is 3.11. The molecule has 0 atom stereocenters. The zero-order chi connectivity index (χ0) is 19.1. The number of rotatable bonds is 3. The van der Waals surface area contributed by atoms with Crippen molar-refractivity contribution in [3.05, 3.63) is 86.9 Å². The van der Waals surface area contributed by atoms with Crippen LogP contribution in [0.3, 0.4) is 0 Å². The number of fused-ring (bicyclic) bond motifs is 2. The fraction of sp³-hybridized carbons (Fsp3) is 0.182. The Hall–Kier alpha value is -2.89. The van der Waals surface area contributed by atoms with Crippen LogP contribution in [0.1, 0.15) is 16.8 Å². The van der Waals surface area contributed by atoms with Crippen LogP contribution < -0.4 is 5.56 Å². The quantitative estimate of drug-likeness (QED) is 0.552. The van der Waals surface area contributed by atoms with Gasteiger partial charge >= 0.3 is 0 Å². The van der Waals surface area contributed by atoms with Gasteiger partial charge in [0.1, 0.15) is 5.82 Å². The molecule has 0 spiro atoms. The second kappa shape index (κ2) is 6.93. The minimum absolute atomic E-state index is 0.0458. The second-order valence-corrected chi connectivity index (χ2v) is 7.61. The van der Waals surface area contributed by atoms with Crippen molar-refractivity contribution in [3.8, 4) is 11.4 Å². The van der Waals surface area contributed by atoms with E-state index in [9.17, 15) is 4.79 Å². The van der Waals surface area contributed by atoms with Crippen molar-refractivity contribution in [2.75, 3.05) is 6.54 Å². The van der Waals surface area contributed by atoms with Crippen molar-refractivity contribution in [2.45, 2.75) is 19.5 Å². The van der Waals surface area contributed by atoms with Gasteiger partial charge in [-0.2, -0.15) is 0 Å². The van der Waals surface area contributed by atoms with E-state index in [2.05, 4.69) is 14.9 Å². The molecule has 0 aliphatic carbocycles. The van der Waals surface area contributed by atoms with Crippen LogP contribution in [-0.4, -0.2) is 26.4 Å². The van der Waals surface area contributed by atoms with Gasteiger partial charge in [-0.25, -0.2) is 4.98 Å². The summed E-state index contributed by atoms with van der Waals surface area (Å²) in [5.74, 6) is 0.643. The Kier molecular flexibility index (Phi) is 4.26. The molecule has 0 unspecified atom stereocenters. The van der Waals surface area contributed by atoms with Crippen LogP contribution in [0.25, 0.3) is 22.3 Å². The molecule has 28 heavy (non-hydrogen) atoms. The first-order chi connectivity index (χ1) is 13.7. The van der Waals surface area contributed by atoms with Crippen molar-refractivity contribution < 1.29 is 0 Å². The molecule has 0 fully saturated rings.